The Kier molecular flexibility index (Phi) is 4.91. The lowest BCUT2D eigenvalue weighted by Gasteiger charge is -2.38. The van der Waals surface area contributed by atoms with E-state index in [1.165, 1.54) is 63.0 Å². The van der Waals surface area contributed by atoms with Gasteiger partial charge in [-0.3, -0.25) is 9.88 Å². The standard InChI is InChI=1S/C18H29N3/c1-15-13-19-8-5-18(15)14-20-11-6-17(7-12-20)16(2)21-9-3-4-10-21/h5,8,13,16-17H,3-4,6-7,9-12,14H2,1-2H3. The fraction of sp³-hybridized carbons (Fsp3) is 0.722. The van der Waals surface area contributed by atoms with Crippen LogP contribution >= 0.6 is 0 Å². The topological polar surface area (TPSA) is 19.4 Å². The highest BCUT2D eigenvalue weighted by molar-refractivity contribution is 5.21. The number of piperidine rings is 1. The second-order valence-corrected chi connectivity index (χ2v) is 6.90. The van der Waals surface area contributed by atoms with Crippen LogP contribution in [-0.2, 0) is 6.54 Å². The molecule has 0 N–H and O–H groups in total. The Morgan fingerprint density at radius 3 is 2.57 bits per heavy atom. The van der Waals surface area contributed by atoms with Crippen molar-refractivity contribution in [2.24, 2.45) is 5.92 Å². The summed E-state index contributed by atoms with van der Waals surface area (Å²) in [5.41, 5.74) is 2.76. The highest BCUT2D eigenvalue weighted by Crippen LogP contribution is 2.27. The number of hydrogen-bond acceptors (Lipinski definition) is 3. The third-order valence-corrected chi connectivity index (χ3v) is 5.56. The van der Waals surface area contributed by atoms with Crippen molar-refractivity contribution >= 4 is 0 Å². The van der Waals surface area contributed by atoms with Crippen LogP contribution in [0, 0.1) is 12.8 Å². The van der Waals surface area contributed by atoms with Crippen LogP contribution in [0.25, 0.3) is 0 Å². The first-order chi connectivity index (χ1) is 10.2. The maximum atomic E-state index is 4.19. The van der Waals surface area contributed by atoms with Crippen LogP contribution in [-0.4, -0.2) is 47.0 Å². The molecule has 2 aliphatic heterocycles. The van der Waals surface area contributed by atoms with Crippen LogP contribution < -0.4 is 0 Å². The number of hydrogen-bond donors (Lipinski definition) is 0. The Morgan fingerprint density at radius 2 is 1.90 bits per heavy atom. The van der Waals surface area contributed by atoms with E-state index >= 15 is 0 Å². The number of rotatable bonds is 4. The molecule has 2 saturated heterocycles. The number of nitrogens with zero attached hydrogens (tertiary/aromatic N) is 3. The molecule has 0 spiro atoms. The second kappa shape index (κ2) is 6.89. The minimum Gasteiger partial charge on any atom is -0.300 e. The van der Waals surface area contributed by atoms with Crippen molar-refractivity contribution in [2.45, 2.75) is 52.1 Å². The fourth-order valence-corrected chi connectivity index (χ4v) is 3.96. The Labute approximate surface area is 129 Å². The van der Waals surface area contributed by atoms with Gasteiger partial charge in [0.1, 0.15) is 0 Å². The van der Waals surface area contributed by atoms with Crippen LogP contribution in [0.4, 0.5) is 0 Å². The molecule has 116 valence electrons. The monoisotopic (exact) mass is 287 g/mol. The average Bonchev–Trinajstić information content (AvgIpc) is 3.04. The van der Waals surface area contributed by atoms with Crippen LogP contribution in [0.15, 0.2) is 18.5 Å². The summed E-state index contributed by atoms with van der Waals surface area (Å²) in [7, 11) is 0. The molecule has 3 heterocycles. The molecule has 0 saturated carbocycles. The first-order valence-corrected chi connectivity index (χ1v) is 8.60. The van der Waals surface area contributed by atoms with E-state index in [0.29, 0.717) is 0 Å². The van der Waals surface area contributed by atoms with Crippen molar-refractivity contribution in [3.63, 3.8) is 0 Å². The van der Waals surface area contributed by atoms with Gasteiger partial charge in [0, 0.05) is 25.0 Å². The van der Waals surface area contributed by atoms with Gasteiger partial charge in [-0.25, -0.2) is 0 Å². The number of aryl methyl sites for hydroxylation is 1. The predicted molar refractivity (Wildman–Crippen MR) is 87.2 cm³/mol. The molecule has 1 aromatic heterocycles. The van der Waals surface area contributed by atoms with Gasteiger partial charge in [-0.1, -0.05) is 0 Å². The molecule has 0 radical (unpaired) electrons. The van der Waals surface area contributed by atoms with E-state index in [2.05, 4.69) is 34.7 Å². The maximum Gasteiger partial charge on any atom is 0.0300 e. The van der Waals surface area contributed by atoms with Gasteiger partial charge in [-0.15, -0.1) is 0 Å². The van der Waals surface area contributed by atoms with Crippen molar-refractivity contribution in [2.75, 3.05) is 26.2 Å². The van der Waals surface area contributed by atoms with E-state index < -0.39 is 0 Å². The number of pyridine rings is 1. The van der Waals surface area contributed by atoms with E-state index in [9.17, 15) is 0 Å². The molecule has 3 nitrogen and oxygen atoms in total. The molecule has 0 aromatic carbocycles. The summed E-state index contributed by atoms with van der Waals surface area (Å²) in [5, 5.41) is 0. The third kappa shape index (κ3) is 3.64. The Hall–Kier alpha value is -0.930. The van der Waals surface area contributed by atoms with Crippen molar-refractivity contribution in [3.05, 3.63) is 29.6 Å². The zero-order valence-electron chi connectivity index (χ0n) is 13.6. The van der Waals surface area contributed by atoms with E-state index in [1.54, 1.807) is 0 Å². The van der Waals surface area contributed by atoms with Gasteiger partial charge < -0.3 is 4.90 Å². The van der Waals surface area contributed by atoms with Crippen LogP contribution in [0.3, 0.4) is 0 Å². The van der Waals surface area contributed by atoms with Gasteiger partial charge in [0.15, 0.2) is 0 Å². The van der Waals surface area contributed by atoms with Crippen molar-refractivity contribution in [1.82, 2.24) is 14.8 Å². The SMILES string of the molecule is Cc1cnccc1CN1CCC(C(C)N2CCCC2)CC1. The molecule has 2 aliphatic rings. The molecule has 1 atom stereocenters. The minimum absolute atomic E-state index is 0.789. The Morgan fingerprint density at radius 1 is 1.19 bits per heavy atom. The molecule has 2 fully saturated rings. The van der Waals surface area contributed by atoms with Gasteiger partial charge in [-0.05, 0) is 88.8 Å². The molecular weight excluding hydrogens is 258 g/mol. The zero-order chi connectivity index (χ0) is 14.7. The van der Waals surface area contributed by atoms with Gasteiger partial charge in [-0.2, -0.15) is 0 Å². The van der Waals surface area contributed by atoms with Crippen molar-refractivity contribution < 1.29 is 0 Å². The molecule has 0 bridgehead atoms. The second-order valence-electron chi connectivity index (χ2n) is 6.90. The number of aromatic nitrogens is 1. The lowest BCUT2D eigenvalue weighted by Crippen LogP contribution is -2.43. The molecule has 3 rings (SSSR count). The molecule has 3 heteroatoms. The van der Waals surface area contributed by atoms with Gasteiger partial charge in [0.2, 0.25) is 0 Å². The summed E-state index contributed by atoms with van der Waals surface area (Å²) in [5.74, 6) is 0.901. The first-order valence-electron chi connectivity index (χ1n) is 8.60. The van der Waals surface area contributed by atoms with Crippen LogP contribution in [0.2, 0.25) is 0 Å². The largest absolute Gasteiger partial charge is 0.300 e. The Balaban J connectivity index is 1.50. The van der Waals surface area contributed by atoms with E-state index in [1.807, 2.05) is 12.4 Å². The highest BCUT2D eigenvalue weighted by atomic mass is 15.2. The van der Waals surface area contributed by atoms with Crippen molar-refractivity contribution in [3.8, 4) is 0 Å². The lowest BCUT2D eigenvalue weighted by molar-refractivity contribution is 0.108. The van der Waals surface area contributed by atoms with E-state index in [-0.39, 0.29) is 0 Å². The molecular formula is C18H29N3. The van der Waals surface area contributed by atoms with E-state index in [0.717, 1.165) is 18.5 Å². The van der Waals surface area contributed by atoms with E-state index in [4.69, 9.17) is 0 Å². The van der Waals surface area contributed by atoms with Gasteiger partial charge >= 0.3 is 0 Å². The fourth-order valence-electron chi connectivity index (χ4n) is 3.96. The molecule has 0 amide bonds. The summed E-state index contributed by atoms with van der Waals surface area (Å²) in [6.45, 7) is 10.9. The normalized spacial score (nSPS) is 23.5. The molecule has 1 unspecified atom stereocenters. The van der Waals surface area contributed by atoms with Crippen LogP contribution in [0.5, 0.6) is 0 Å². The summed E-state index contributed by atoms with van der Waals surface area (Å²) in [6, 6.07) is 2.96. The zero-order valence-corrected chi connectivity index (χ0v) is 13.6. The average molecular weight is 287 g/mol. The summed E-state index contributed by atoms with van der Waals surface area (Å²) in [6.07, 6.45) is 9.45. The molecule has 1 aromatic rings. The quantitative estimate of drug-likeness (QED) is 0.848. The van der Waals surface area contributed by atoms with Crippen LogP contribution in [0.1, 0.15) is 43.7 Å². The molecule has 21 heavy (non-hydrogen) atoms. The highest BCUT2D eigenvalue weighted by Gasteiger charge is 2.28. The van der Waals surface area contributed by atoms with Gasteiger partial charge in [0.25, 0.3) is 0 Å². The third-order valence-electron chi connectivity index (χ3n) is 5.56. The summed E-state index contributed by atoms with van der Waals surface area (Å²) in [4.78, 5) is 9.53. The molecule has 0 aliphatic carbocycles. The van der Waals surface area contributed by atoms with Gasteiger partial charge in [0.05, 0.1) is 0 Å². The minimum atomic E-state index is 0.789. The summed E-state index contributed by atoms with van der Waals surface area (Å²) >= 11 is 0. The summed E-state index contributed by atoms with van der Waals surface area (Å²) < 4.78 is 0. The number of likely N-dealkylation sites (tertiary alicyclic amines) is 2. The predicted octanol–water partition coefficient (Wildman–Crippen LogP) is 3.09. The maximum absolute atomic E-state index is 4.19. The lowest BCUT2D eigenvalue weighted by atomic mass is 9.89. The first kappa shape index (κ1) is 15.0. The van der Waals surface area contributed by atoms with Crippen molar-refractivity contribution in [1.29, 1.82) is 0 Å². The Bertz CT molecular complexity index is 446. The smallest absolute Gasteiger partial charge is 0.0300 e.